The number of nitrogens with zero attached hydrogens (tertiary/aromatic N) is 5. The van der Waals surface area contributed by atoms with E-state index in [9.17, 15) is 19.2 Å². The van der Waals surface area contributed by atoms with Gasteiger partial charge in [0.05, 0.1) is 53.2 Å². The number of aromatic amines is 2. The fraction of sp³-hybridized carbons (Fsp3) is 0.326. The Morgan fingerprint density at radius 2 is 1.43 bits per heavy atom. The summed E-state index contributed by atoms with van der Waals surface area (Å²) >= 11 is 1.61. The van der Waals surface area contributed by atoms with Crippen LogP contribution in [0.25, 0.3) is 43.3 Å². The minimum atomic E-state index is -0.763. The van der Waals surface area contributed by atoms with Gasteiger partial charge in [0.25, 0.3) is 0 Å². The smallest absolute Gasteiger partial charge is 0.407 e. The summed E-state index contributed by atoms with van der Waals surface area (Å²) in [5.74, 6) is 1.03. The van der Waals surface area contributed by atoms with E-state index in [0.717, 1.165) is 86.2 Å². The summed E-state index contributed by atoms with van der Waals surface area (Å²) in [6, 6.07) is 21.7. The number of carbonyl (C=O) groups excluding carboxylic acids is 4. The van der Waals surface area contributed by atoms with Crippen LogP contribution < -0.4 is 10.6 Å². The summed E-state index contributed by atoms with van der Waals surface area (Å²) in [5.41, 5.74) is 6.25. The van der Waals surface area contributed by atoms with Gasteiger partial charge in [0, 0.05) is 24.2 Å². The Balaban J connectivity index is 0.952. The Kier molecular flexibility index (Phi) is 11.0. The van der Waals surface area contributed by atoms with Gasteiger partial charge in [0.1, 0.15) is 28.7 Å². The van der Waals surface area contributed by atoms with E-state index in [-0.39, 0.29) is 29.8 Å². The number of likely N-dealkylation sites (tertiary alicyclic amines) is 2. The first-order chi connectivity index (χ1) is 28.2. The predicted molar refractivity (Wildman–Crippen MR) is 220 cm³/mol. The Morgan fingerprint density at radius 3 is 2.05 bits per heavy atom. The molecule has 0 radical (unpaired) electrons. The third kappa shape index (κ3) is 7.69. The second kappa shape index (κ2) is 16.6. The number of hydrogen-bond acceptors (Lipinski definition) is 9. The molecule has 14 nitrogen and oxygen atoms in total. The van der Waals surface area contributed by atoms with E-state index < -0.39 is 18.2 Å². The molecule has 2 saturated heterocycles. The number of amides is 4. The van der Waals surface area contributed by atoms with E-state index in [1.54, 1.807) is 22.4 Å². The molecule has 5 heterocycles. The SMILES string of the molecule is COC(=O)N[C@H](C(=O)N1CCC[C@H]1c1ncc(-c2ccc(-c3nc4ccc(-c5cnc([C@@H]6CCCN6C(=O)[C@H](NC=O)c6ccccc6)[nH]5)cc4s3)cc2)[nH]1)C(C)C. The van der Waals surface area contributed by atoms with Crippen LogP contribution in [0, 0.1) is 5.92 Å². The summed E-state index contributed by atoms with van der Waals surface area (Å²) in [6.45, 7) is 4.97. The van der Waals surface area contributed by atoms with Crippen LogP contribution in [0.3, 0.4) is 0 Å². The van der Waals surface area contributed by atoms with Crippen molar-refractivity contribution in [3.8, 4) is 33.1 Å². The predicted octanol–water partition coefficient (Wildman–Crippen LogP) is 6.94. The van der Waals surface area contributed by atoms with Crippen molar-refractivity contribution in [3.63, 3.8) is 0 Å². The average Bonchev–Trinajstić information content (AvgIpc) is 4.10. The van der Waals surface area contributed by atoms with Crippen molar-refractivity contribution in [3.05, 3.63) is 102 Å². The number of thiazole rings is 1. The van der Waals surface area contributed by atoms with E-state index in [4.69, 9.17) is 14.7 Å². The number of benzene rings is 3. The molecule has 0 unspecified atom stereocenters. The van der Waals surface area contributed by atoms with Crippen LogP contribution in [-0.2, 0) is 19.1 Å². The average molecular weight is 800 g/mol. The lowest BCUT2D eigenvalue weighted by Gasteiger charge is -2.30. The Labute approximate surface area is 339 Å². The number of H-pyrrole nitrogens is 2. The maximum Gasteiger partial charge on any atom is 0.407 e. The number of imidazole rings is 2. The molecule has 298 valence electrons. The molecule has 2 aliphatic heterocycles. The monoisotopic (exact) mass is 799 g/mol. The van der Waals surface area contributed by atoms with Crippen LogP contribution >= 0.6 is 11.3 Å². The van der Waals surface area contributed by atoms with Gasteiger partial charge in [-0.25, -0.2) is 19.7 Å². The largest absolute Gasteiger partial charge is 0.453 e. The molecule has 3 aromatic heterocycles. The van der Waals surface area contributed by atoms with E-state index in [0.29, 0.717) is 19.5 Å². The molecule has 58 heavy (non-hydrogen) atoms. The summed E-state index contributed by atoms with van der Waals surface area (Å²) in [7, 11) is 1.29. The summed E-state index contributed by atoms with van der Waals surface area (Å²) in [5, 5.41) is 6.30. The van der Waals surface area contributed by atoms with Gasteiger partial charge in [-0.15, -0.1) is 11.3 Å². The molecule has 0 aliphatic carbocycles. The van der Waals surface area contributed by atoms with Gasteiger partial charge in [-0.2, -0.15) is 0 Å². The summed E-state index contributed by atoms with van der Waals surface area (Å²) in [6.07, 6.45) is 6.79. The van der Waals surface area contributed by atoms with Gasteiger partial charge in [0.15, 0.2) is 0 Å². The van der Waals surface area contributed by atoms with E-state index in [1.807, 2.05) is 91.7 Å². The zero-order chi connectivity index (χ0) is 40.3. The number of hydrogen-bond donors (Lipinski definition) is 4. The van der Waals surface area contributed by atoms with Crippen molar-refractivity contribution in [1.82, 2.24) is 45.4 Å². The van der Waals surface area contributed by atoms with Crippen LogP contribution in [0.15, 0.2) is 85.2 Å². The van der Waals surface area contributed by atoms with Crippen LogP contribution in [0.2, 0.25) is 0 Å². The first-order valence-electron chi connectivity index (χ1n) is 19.5. The van der Waals surface area contributed by atoms with E-state index in [2.05, 4.69) is 31.7 Å². The summed E-state index contributed by atoms with van der Waals surface area (Å²) in [4.78, 5) is 75.6. The molecule has 0 saturated carbocycles. The second-order valence-corrected chi connectivity index (χ2v) is 16.0. The lowest BCUT2D eigenvalue weighted by molar-refractivity contribution is -0.136. The van der Waals surface area contributed by atoms with Crippen molar-refractivity contribution < 1.29 is 23.9 Å². The highest BCUT2D eigenvalue weighted by Crippen LogP contribution is 2.37. The van der Waals surface area contributed by atoms with Crippen molar-refractivity contribution in [2.24, 2.45) is 5.92 Å². The topological polar surface area (TPSA) is 178 Å². The highest BCUT2D eigenvalue weighted by Gasteiger charge is 2.38. The number of fused-ring (bicyclic) bond motifs is 1. The highest BCUT2D eigenvalue weighted by atomic mass is 32.1. The molecule has 4 atom stereocenters. The van der Waals surface area contributed by atoms with E-state index >= 15 is 0 Å². The molecule has 6 aromatic rings. The van der Waals surface area contributed by atoms with Gasteiger partial charge in [-0.1, -0.05) is 74.5 Å². The number of aromatic nitrogens is 5. The maximum atomic E-state index is 13.7. The van der Waals surface area contributed by atoms with Crippen molar-refractivity contribution >= 4 is 45.9 Å². The maximum absolute atomic E-state index is 13.7. The first-order valence-corrected chi connectivity index (χ1v) is 20.4. The molecule has 15 heteroatoms. The number of alkyl carbamates (subject to hydrolysis) is 1. The van der Waals surface area contributed by atoms with Crippen LogP contribution in [0.1, 0.15) is 74.9 Å². The van der Waals surface area contributed by atoms with Crippen LogP contribution in [0.5, 0.6) is 0 Å². The molecule has 4 N–H and O–H groups in total. The van der Waals surface area contributed by atoms with Crippen LogP contribution in [-0.4, -0.2) is 85.3 Å². The molecular formula is C43H45N9O5S. The Morgan fingerprint density at radius 1 is 0.828 bits per heavy atom. The molecule has 3 aromatic carbocycles. The van der Waals surface area contributed by atoms with Crippen LogP contribution in [0.4, 0.5) is 4.79 Å². The van der Waals surface area contributed by atoms with E-state index in [1.165, 1.54) is 7.11 Å². The molecule has 2 fully saturated rings. The van der Waals surface area contributed by atoms with Gasteiger partial charge in [-0.05, 0) is 54.9 Å². The van der Waals surface area contributed by atoms with Crippen molar-refractivity contribution in [1.29, 1.82) is 0 Å². The second-order valence-electron chi connectivity index (χ2n) is 15.0. The minimum Gasteiger partial charge on any atom is -0.453 e. The molecular weight excluding hydrogens is 755 g/mol. The van der Waals surface area contributed by atoms with Gasteiger partial charge in [0.2, 0.25) is 18.2 Å². The van der Waals surface area contributed by atoms with Crippen molar-refractivity contribution in [2.45, 2.75) is 63.7 Å². The number of carbonyl (C=O) groups is 4. The first kappa shape index (κ1) is 38.5. The molecule has 0 spiro atoms. The standard InChI is InChI=1S/C43H45N9O5S/c1-25(2)36(50-43(56)57-3)41(54)51-19-7-11-33(51)38-44-22-31(47-38)26-13-15-28(16-14-26)40-49-30-18-17-29(21-35(30)58-40)32-23-45-39(48-32)34-12-8-20-52(34)42(55)37(46-24-53)27-9-5-4-6-10-27/h4-6,9-10,13-18,21-25,33-34,36-37H,7-8,11-12,19-20H2,1-3H3,(H,44,47)(H,45,48)(H,46,53)(H,50,56)/t33-,34-,36-,37+/m0/s1. The van der Waals surface area contributed by atoms with Gasteiger partial charge in [-0.3, -0.25) is 14.4 Å². The Bertz CT molecular complexity index is 2420. The molecule has 8 rings (SSSR count). The quantitative estimate of drug-likeness (QED) is 0.0962. The fourth-order valence-corrected chi connectivity index (χ4v) is 9.02. The minimum absolute atomic E-state index is 0.109. The van der Waals surface area contributed by atoms with Crippen molar-refractivity contribution in [2.75, 3.05) is 20.2 Å². The molecule has 4 amide bonds. The number of nitrogens with one attached hydrogen (secondary N) is 4. The van der Waals surface area contributed by atoms with Gasteiger partial charge < -0.3 is 35.1 Å². The lowest BCUT2D eigenvalue weighted by Crippen LogP contribution is -2.51. The third-order valence-electron chi connectivity index (χ3n) is 11.0. The Hall–Kier alpha value is -6.35. The zero-order valence-electron chi connectivity index (χ0n) is 32.5. The normalized spacial score (nSPS) is 17.7. The summed E-state index contributed by atoms with van der Waals surface area (Å²) < 4.78 is 5.79. The third-order valence-corrected chi connectivity index (χ3v) is 12.1. The lowest BCUT2D eigenvalue weighted by atomic mass is 10.0. The molecule has 0 bridgehead atoms. The number of ether oxygens (including phenoxy) is 1. The highest BCUT2D eigenvalue weighted by molar-refractivity contribution is 7.21. The number of rotatable bonds is 12. The van der Waals surface area contributed by atoms with Gasteiger partial charge >= 0.3 is 6.09 Å². The zero-order valence-corrected chi connectivity index (χ0v) is 33.3. The number of methoxy groups -OCH3 is 1. The molecule has 2 aliphatic rings. The fourth-order valence-electron chi connectivity index (χ4n) is 8.01.